The standard InChI is InChI=1S/C20H17FN4O2S2/c21-15-5-3-14(4-6-15)17-11-28-20-18(17)19(24-12-25-20)23-10-9-13-1-7-16(8-2-13)29(22,26)27/h1-8,11-12H,9-10H2,(H2,22,26,27)(H,23,24,25). The van der Waals surface area contributed by atoms with E-state index in [9.17, 15) is 12.8 Å². The Morgan fingerprint density at radius 1 is 1.03 bits per heavy atom. The second-order valence-corrected chi connectivity index (χ2v) is 8.84. The Balaban J connectivity index is 1.54. The van der Waals surface area contributed by atoms with Crippen molar-refractivity contribution in [3.8, 4) is 11.1 Å². The topological polar surface area (TPSA) is 98.0 Å². The van der Waals surface area contributed by atoms with Crippen molar-refractivity contribution in [2.45, 2.75) is 11.3 Å². The van der Waals surface area contributed by atoms with E-state index < -0.39 is 10.0 Å². The Bertz CT molecular complexity index is 1250. The van der Waals surface area contributed by atoms with Crippen LogP contribution in [0.15, 0.2) is 65.1 Å². The minimum absolute atomic E-state index is 0.0916. The number of sulfonamides is 1. The fourth-order valence-corrected chi connectivity index (χ4v) is 4.45. The molecule has 3 N–H and O–H groups in total. The maximum atomic E-state index is 13.3. The van der Waals surface area contributed by atoms with Crippen LogP contribution in [0.1, 0.15) is 5.56 Å². The van der Waals surface area contributed by atoms with Crippen LogP contribution in [0.4, 0.5) is 10.2 Å². The molecule has 0 saturated carbocycles. The molecular formula is C20H17FN4O2S2. The van der Waals surface area contributed by atoms with Gasteiger partial charge in [0.1, 0.15) is 22.8 Å². The van der Waals surface area contributed by atoms with Crippen LogP contribution in [0.25, 0.3) is 21.3 Å². The number of halogens is 1. The van der Waals surface area contributed by atoms with E-state index in [-0.39, 0.29) is 10.7 Å². The van der Waals surface area contributed by atoms with Crippen LogP contribution < -0.4 is 10.5 Å². The summed E-state index contributed by atoms with van der Waals surface area (Å²) < 4.78 is 35.9. The van der Waals surface area contributed by atoms with Crippen LogP contribution in [0, 0.1) is 5.82 Å². The SMILES string of the molecule is NS(=O)(=O)c1ccc(CCNc2ncnc3scc(-c4ccc(F)cc4)c23)cc1. The number of fused-ring (bicyclic) bond motifs is 1. The highest BCUT2D eigenvalue weighted by Crippen LogP contribution is 2.36. The van der Waals surface area contributed by atoms with E-state index in [1.165, 1.54) is 41.9 Å². The van der Waals surface area contributed by atoms with Gasteiger partial charge in [0.15, 0.2) is 0 Å². The molecule has 0 fully saturated rings. The van der Waals surface area contributed by atoms with E-state index in [4.69, 9.17) is 5.14 Å². The molecule has 0 aliphatic rings. The predicted molar refractivity (Wildman–Crippen MR) is 113 cm³/mol. The molecule has 0 saturated heterocycles. The van der Waals surface area contributed by atoms with Gasteiger partial charge in [0.2, 0.25) is 10.0 Å². The number of benzene rings is 2. The largest absolute Gasteiger partial charge is 0.369 e. The normalized spacial score (nSPS) is 11.7. The zero-order chi connectivity index (χ0) is 20.4. The lowest BCUT2D eigenvalue weighted by molar-refractivity contribution is 0.597. The fourth-order valence-electron chi connectivity index (χ4n) is 3.02. The number of nitrogens with two attached hydrogens (primary N) is 1. The molecule has 0 unspecified atom stereocenters. The first-order chi connectivity index (χ1) is 13.9. The van der Waals surface area contributed by atoms with Gasteiger partial charge in [0.25, 0.3) is 0 Å². The summed E-state index contributed by atoms with van der Waals surface area (Å²) in [5.74, 6) is 0.424. The van der Waals surface area contributed by atoms with E-state index in [1.54, 1.807) is 24.3 Å². The minimum Gasteiger partial charge on any atom is -0.369 e. The summed E-state index contributed by atoms with van der Waals surface area (Å²) in [5, 5.41) is 11.3. The van der Waals surface area contributed by atoms with Gasteiger partial charge in [-0.2, -0.15) is 0 Å². The smallest absolute Gasteiger partial charge is 0.238 e. The highest BCUT2D eigenvalue weighted by atomic mass is 32.2. The van der Waals surface area contributed by atoms with Crippen molar-refractivity contribution in [3.05, 3.63) is 71.6 Å². The maximum Gasteiger partial charge on any atom is 0.238 e. The van der Waals surface area contributed by atoms with Crippen molar-refractivity contribution in [1.29, 1.82) is 0 Å². The molecule has 6 nitrogen and oxygen atoms in total. The van der Waals surface area contributed by atoms with Gasteiger partial charge in [-0.1, -0.05) is 24.3 Å². The van der Waals surface area contributed by atoms with Gasteiger partial charge >= 0.3 is 0 Å². The number of rotatable bonds is 6. The summed E-state index contributed by atoms with van der Waals surface area (Å²) >= 11 is 1.51. The summed E-state index contributed by atoms with van der Waals surface area (Å²) in [6.07, 6.45) is 2.18. The van der Waals surface area contributed by atoms with Crippen molar-refractivity contribution in [3.63, 3.8) is 0 Å². The molecule has 4 aromatic rings. The number of primary sulfonamides is 1. The zero-order valence-corrected chi connectivity index (χ0v) is 16.8. The third-order valence-electron chi connectivity index (χ3n) is 4.48. The predicted octanol–water partition coefficient (Wildman–Crippen LogP) is 3.80. The quantitative estimate of drug-likeness (QED) is 0.487. The summed E-state index contributed by atoms with van der Waals surface area (Å²) in [5.41, 5.74) is 2.82. The second-order valence-electron chi connectivity index (χ2n) is 6.42. The molecular weight excluding hydrogens is 411 g/mol. The van der Waals surface area contributed by atoms with Crippen LogP contribution in [-0.2, 0) is 16.4 Å². The van der Waals surface area contributed by atoms with Gasteiger partial charge in [-0.25, -0.2) is 27.9 Å². The van der Waals surface area contributed by atoms with E-state index >= 15 is 0 Å². The number of anilines is 1. The Kier molecular flexibility index (Phi) is 5.27. The summed E-state index contributed by atoms with van der Waals surface area (Å²) in [4.78, 5) is 9.64. The number of nitrogens with one attached hydrogen (secondary N) is 1. The molecule has 0 spiro atoms. The van der Waals surface area contributed by atoms with E-state index in [0.717, 1.165) is 26.9 Å². The minimum atomic E-state index is -3.69. The zero-order valence-electron chi connectivity index (χ0n) is 15.2. The highest BCUT2D eigenvalue weighted by Gasteiger charge is 2.13. The Morgan fingerprint density at radius 3 is 2.45 bits per heavy atom. The molecule has 0 bridgehead atoms. The van der Waals surface area contributed by atoms with Gasteiger partial charge in [-0.3, -0.25) is 0 Å². The average molecular weight is 429 g/mol. The molecule has 2 aromatic heterocycles. The third kappa shape index (κ3) is 4.26. The highest BCUT2D eigenvalue weighted by molar-refractivity contribution is 7.89. The Hall–Kier alpha value is -2.88. The van der Waals surface area contributed by atoms with E-state index in [0.29, 0.717) is 18.8 Å². The molecule has 9 heteroatoms. The average Bonchev–Trinajstić information content (AvgIpc) is 3.13. The first-order valence-corrected chi connectivity index (χ1v) is 11.2. The van der Waals surface area contributed by atoms with Crippen molar-refractivity contribution in [2.75, 3.05) is 11.9 Å². The molecule has 2 heterocycles. The lowest BCUT2D eigenvalue weighted by atomic mass is 10.1. The molecule has 0 aliphatic heterocycles. The molecule has 148 valence electrons. The number of hydrogen-bond donors (Lipinski definition) is 2. The van der Waals surface area contributed by atoms with Crippen LogP contribution in [0.3, 0.4) is 0 Å². The summed E-state index contributed by atoms with van der Waals surface area (Å²) in [6, 6.07) is 12.8. The first kappa shape index (κ1) is 19.4. The number of thiophene rings is 1. The lowest BCUT2D eigenvalue weighted by Gasteiger charge is -2.09. The molecule has 0 amide bonds. The molecule has 4 rings (SSSR count). The monoisotopic (exact) mass is 428 g/mol. The van der Waals surface area contributed by atoms with E-state index in [1.807, 2.05) is 5.38 Å². The fraction of sp³-hybridized carbons (Fsp3) is 0.100. The first-order valence-electron chi connectivity index (χ1n) is 8.75. The van der Waals surface area contributed by atoms with Gasteiger partial charge in [0, 0.05) is 17.5 Å². The van der Waals surface area contributed by atoms with Crippen molar-refractivity contribution < 1.29 is 12.8 Å². The van der Waals surface area contributed by atoms with Crippen LogP contribution in [-0.4, -0.2) is 24.9 Å². The van der Waals surface area contributed by atoms with Crippen molar-refractivity contribution in [1.82, 2.24) is 9.97 Å². The van der Waals surface area contributed by atoms with Crippen LogP contribution >= 0.6 is 11.3 Å². The van der Waals surface area contributed by atoms with Crippen LogP contribution in [0.2, 0.25) is 0 Å². The number of aromatic nitrogens is 2. The summed E-state index contributed by atoms with van der Waals surface area (Å²) in [7, 11) is -3.69. The molecule has 29 heavy (non-hydrogen) atoms. The molecule has 2 aromatic carbocycles. The van der Waals surface area contributed by atoms with Gasteiger partial charge < -0.3 is 5.32 Å². The number of hydrogen-bond acceptors (Lipinski definition) is 6. The number of nitrogens with zero attached hydrogens (tertiary/aromatic N) is 2. The summed E-state index contributed by atoms with van der Waals surface area (Å²) in [6.45, 7) is 0.597. The van der Waals surface area contributed by atoms with E-state index in [2.05, 4.69) is 15.3 Å². The van der Waals surface area contributed by atoms with Gasteiger partial charge in [0.05, 0.1) is 10.3 Å². The Morgan fingerprint density at radius 2 is 1.76 bits per heavy atom. The van der Waals surface area contributed by atoms with Crippen molar-refractivity contribution in [2.24, 2.45) is 5.14 Å². The molecule has 0 atom stereocenters. The maximum absolute atomic E-state index is 13.3. The lowest BCUT2D eigenvalue weighted by Crippen LogP contribution is -2.12. The second kappa shape index (κ2) is 7.86. The van der Waals surface area contributed by atoms with Crippen molar-refractivity contribution >= 4 is 37.4 Å². The van der Waals surface area contributed by atoms with Gasteiger partial charge in [-0.05, 0) is 41.8 Å². The molecule has 0 aliphatic carbocycles. The Labute approximate surface area is 171 Å². The van der Waals surface area contributed by atoms with Crippen LogP contribution in [0.5, 0.6) is 0 Å². The third-order valence-corrected chi connectivity index (χ3v) is 6.30. The van der Waals surface area contributed by atoms with Gasteiger partial charge in [-0.15, -0.1) is 11.3 Å². The molecule has 0 radical (unpaired) electrons.